The second-order valence-corrected chi connectivity index (χ2v) is 8.67. The number of hydrogen-bond acceptors (Lipinski definition) is 1. The molecule has 1 aliphatic rings. The van der Waals surface area contributed by atoms with Gasteiger partial charge in [0.25, 0.3) is 0 Å². The Morgan fingerprint density at radius 1 is 1.05 bits per heavy atom. The molecule has 2 nitrogen and oxygen atoms in total. The summed E-state index contributed by atoms with van der Waals surface area (Å²) in [5.41, 5.74) is 1.07. The molecule has 0 amide bonds. The monoisotopic (exact) mass is 280 g/mol. The molecule has 0 bridgehead atoms. The first-order chi connectivity index (χ1) is 8.93. The van der Waals surface area contributed by atoms with E-state index in [1.807, 2.05) is 6.08 Å². The molecule has 0 aliphatic heterocycles. The molecule has 116 valence electrons. The van der Waals surface area contributed by atoms with Crippen LogP contribution in [-0.4, -0.2) is 11.1 Å². The Morgan fingerprint density at radius 2 is 1.60 bits per heavy atom. The van der Waals surface area contributed by atoms with E-state index in [9.17, 15) is 4.79 Å². The summed E-state index contributed by atoms with van der Waals surface area (Å²) in [6.07, 6.45) is 5.55. The second kappa shape index (κ2) is 5.91. The lowest BCUT2D eigenvalue weighted by molar-refractivity contribution is -0.132. The summed E-state index contributed by atoms with van der Waals surface area (Å²) in [5, 5.41) is 9.11. The van der Waals surface area contributed by atoms with Crippen molar-refractivity contribution >= 4 is 5.97 Å². The van der Waals surface area contributed by atoms with Crippen LogP contribution in [0.1, 0.15) is 67.7 Å². The molecule has 20 heavy (non-hydrogen) atoms. The van der Waals surface area contributed by atoms with E-state index in [-0.39, 0.29) is 5.41 Å². The van der Waals surface area contributed by atoms with Gasteiger partial charge in [0, 0.05) is 5.57 Å². The molecule has 3 atom stereocenters. The third-order valence-corrected chi connectivity index (χ3v) is 5.04. The van der Waals surface area contributed by atoms with E-state index >= 15 is 0 Å². The average Bonchev–Trinajstić information content (AvgIpc) is 2.26. The minimum atomic E-state index is -0.782. The summed E-state index contributed by atoms with van der Waals surface area (Å²) < 4.78 is 0. The highest BCUT2D eigenvalue weighted by molar-refractivity contribution is 5.85. The van der Waals surface area contributed by atoms with Crippen LogP contribution in [0.2, 0.25) is 0 Å². The van der Waals surface area contributed by atoms with Gasteiger partial charge in [-0.15, -0.1) is 0 Å². The minimum absolute atomic E-state index is 0.226. The first-order valence-corrected chi connectivity index (χ1v) is 7.84. The van der Waals surface area contributed by atoms with Crippen molar-refractivity contribution < 1.29 is 9.90 Å². The van der Waals surface area contributed by atoms with Crippen molar-refractivity contribution in [3.05, 3.63) is 11.6 Å². The predicted octanol–water partition coefficient (Wildman–Crippen LogP) is 5.14. The van der Waals surface area contributed by atoms with E-state index in [4.69, 9.17) is 5.11 Å². The molecule has 1 N–H and O–H groups in total. The standard InChI is InChI=1S/C18H32O2/c1-12(16(19)20)10-13-8-9-14(17(2,3)4)11-15(13)18(5,6)7/h10,13-15H,8-9,11H2,1-7H3,(H,19,20). The predicted molar refractivity (Wildman–Crippen MR) is 84.6 cm³/mol. The highest BCUT2D eigenvalue weighted by Crippen LogP contribution is 2.49. The second-order valence-electron chi connectivity index (χ2n) is 8.67. The lowest BCUT2D eigenvalue weighted by Gasteiger charge is -2.46. The fraction of sp³-hybridized carbons (Fsp3) is 0.833. The largest absolute Gasteiger partial charge is 0.478 e. The quantitative estimate of drug-likeness (QED) is 0.711. The van der Waals surface area contributed by atoms with Gasteiger partial charge in [0.1, 0.15) is 0 Å². The Balaban J connectivity index is 2.98. The minimum Gasteiger partial charge on any atom is -0.478 e. The van der Waals surface area contributed by atoms with Gasteiger partial charge in [-0.05, 0) is 54.8 Å². The van der Waals surface area contributed by atoms with E-state index in [0.29, 0.717) is 22.8 Å². The van der Waals surface area contributed by atoms with E-state index in [2.05, 4.69) is 41.5 Å². The topological polar surface area (TPSA) is 37.3 Å². The van der Waals surface area contributed by atoms with E-state index in [0.717, 1.165) is 12.3 Å². The molecule has 0 aromatic carbocycles. The van der Waals surface area contributed by atoms with Crippen LogP contribution < -0.4 is 0 Å². The average molecular weight is 280 g/mol. The Labute approximate surface area is 124 Å². The SMILES string of the molecule is CC(=CC1CCC(C(C)(C)C)CC1C(C)(C)C)C(=O)O. The molecule has 0 radical (unpaired) electrons. The number of aliphatic carboxylic acids is 1. The molecule has 1 saturated carbocycles. The number of carbonyl (C=O) groups is 1. The smallest absolute Gasteiger partial charge is 0.330 e. The van der Waals surface area contributed by atoms with Crippen molar-refractivity contribution in [1.82, 2.24) is 0 Å². The van der Waals surface area contributed by atoms with Crippen molar-refractivity contribution in [3.63, 3.8) is 0 Å². The van der Waals surface area contributed by atoms with Crippen LogP contribution in [0.5, 0.6) is 0 Å². The number of allylic oxidation sites excluding steroid dienone is 1. The van der Waals surface area contributed by atoms with Gasteiger partial charge in [-0.25, -0.2) is 4.79 Å². The number of hydrogen-bond donors (Lipinski definition) is 1. The van der Waals surface area contributed by atoms with E-state index in [1.165, 1.54) is 12.8 Å². The van der Waals surface area contributed by atoms with Gasteiger partial charge >= 0.3 is 5.97 Å². The summed E-state index contributed by atoms with van der Waals surface area (Å²) in [6.45, 7) is 15.6. The van der Waals surface area contributed by atoms with Gasteiger partial charge < -0.3 is 5.11 Å². The molecule has 0 aromatic rings. The van der Waals surface area contributed by atoms with Crippen LogP contribution in [0.15, 0.2) is 11.6 Å². The molecular formula is C18H32O2. The third-order valence-electron chi connectivity index (χ3n) is 5.04. The third kappa shape index (κ3) is 4.36. The van der Waals surface area contributed by atoms with Gasteiger partial charge in [-0.2, -0.15) is 0 Å². The molecule has 1 rings (SSSR count). The van der Waals surface area contributed by atoms with Crippen molar-refractivity contribution in [3.8, 4) is 0 Å². The van der Waals surface area contributed by atoms with Crippen LogP contribution in [0.4, 0.5) is 0 Å². The maximum atomic E-state index is 11.1. The summed E-state index contributed by atoms with van der Waals surface area (Å²) in [5.74, 6) is 0.927. The zero-order valence-corrected chi connectivity index (χ0v) is 14.3. The van der Waals surface area contributed by atoms with Crippen molar-refractivity contribution in [2.24, 2.45) is 28.6 Å². The van der Waals surface area contributed by atoms with Crippen LogP contribution in [0.3, 0.4) is 0 Å². The molecule has 0 spiro atoms. The highest BCUT2D eigenvalue weighted by atomic mass is 16.4. The maximum absolute atomic E-state index is 11.1. The number of carboxylic acid groups (broad SMARTS) is 1. The summed E-state index contributed by atoms with van der Waals surface area (Å²) in [6, 6.07) is 0. The van der Waals surface area contributed by atoms with Crippen LogP contribution in [-0.2, 0) is 4.79 Å². The normalized spacial score (nSPS) is 29.4. The van der Waals surface area contributed by atoms with Crippen molar-refractivity contribution in [2.45, 2.75) is 67.7 Å². The zero-order valence-electron chi connectivity index (χ0n) is 14.3. The summed E-state index contributed by atoms with van der Waals surface area (Å²) in [7, 11) is 0. The van der Waals surface area contributed by atoms with Crippen LogP contribution >= 0.6 is 0 Å². The lowest BCUT2D eigenvalue weighted by Crippen LogP contribution is -2.37. The summed E-state index contributed by atoms with van der Waals surface area (Å²) in [4.78, 5) is 11.1. The molecule has 0 saturated heterocycles. The van der Waals surface area contributed by atoms with Gasteiger partial charge in [0.2, 0.25) is 0 Å². The first kappa shape index (κ1) is 17.3. The molecule has 1 fully saturated rings. The van der Waals surface area contributed by atoms with Gasteiger partial charge in [-0.1, -0.05) is 47.6 Å². The Hall–Kier alpha value is -0.790. The molecule has 1 aliphatic carbocycles. The van der Waals surface area contributed by atoms with Gasteiger partial charge in [0.15, 0.2) is 0 Å². The molecule has 0 heterocycles. The van der Waals surface area contributed by atoms with Crippen LogP contribution in [0, 0.1) is 28.6 Å². The molecule has 2 heteroatoms. The van der Waals surface area contributed by atoms with E-state index < -0.39 is 5.97 Å². The fourth-order valence-corrected chi connectivity index (χ4v) is 3.57. The Bertz CT molecular complexity index is 379. The molecule has 3 unspecified atom stereocenters. The first-order valence-electron chi connectivity index (χ1n) is 7.84. The Morgan fingerprint density at radius 3 is 2.00 bits per heavy atom. The zero-order chi connectivity index (χ0) is 15.7. The van der Waals surface area contributed by atoms with Crippen molar-refractivity contribution in [2.75, 3.05) is 0 Å². The number of rotatable bonds is 2. The van der Waals surface area contributed by atoms with Crippen molar-refractivity contribution in [1.29, 1.82) is 0 Å². The maximum Gasteiger partial charge on any atom is 0.330 e. The van der Waals surface area contributed by atoms with Gasteiger partial charge in [-0.3, -0.25) is 0 Å². The fourth-order valence-electron chi connectivity index (χ4n) is 3.57. The molecule has 0 aromatic heterocycles. The van der Waals surface area contributed by atoms with Gasteiger partial charge in [0.05, 0.1) is 0 Å². The number of carboxylic acids is 1. The lowest BCUT2D eigenvalue weighted by atomic mass is 9.59. The molecular weight excluding hydrogens is 248 g/mol. The van der Waals surface area contributed by atoms with E-state index in [1.54, 1.807) is 6.92 Å². The highest BCUT2D eigenvalue weighted by Gasteiger charge is 2.40. The van der Waals surface area contributed by atoms with Crippen LogP contribution in [0.25, 0.3) is 0 Å². The Kier molecular flexibility index (Phi) is 5.10. The summed E-state index contributed by atoms with van der Waals surface area (Å²) >= 11 is 0.